The summed E-state index contributed by atoms with van der Waals surface area (Å²) in [5.41, 5.74) is 2.01. The number of piperidine rings is 1. The molecule has 2 amide bonds. The number of benzene rings is 2. The quantitative estimate of drug-likeness (QED) is 0.602. The summed E-state index contributed by atoms with van der Waals surface area (Å²) in [5.74, 6) is -1.13. The molecule has 0 unspecified atom stereocenters. The molecule has 0 bridgehead atoms. The van der Waals surface area contributed by atoms with Crippen molar-refractivity contribution >= 4 is 27.5 Å². The molecule has 1 heterocycles. The molecule has 8 nitrogen and oxygen atoms in total. The Morgan fingerprint density at radius 2 is 1.85 bits per heavy atom. The lowest BCUT2D eigenvalue weighted by Gasteiger charge is -2.35. The molecule has 0 radical (unpaired) electrons. The first kappa shape index (κ1) is 24.7. The van der Waals surface area contributed by atoms with Crippen LogP contribution < -0.4 is 15.4 Å². The summed E-state index contributed by atoms with van der Waals surface area (Å²) in [6, 6.07) is 12.0. The molecule has 2 aromatic carbocycles. The molecule has 0 aliphatic carbocycles. The predicted octanol–water partition coefficient (Wildman–Crippen LogP) is 3.00. The summed E-state index contributed by atoms with van der Waals surface area (Å²) >= 11 is 0. The Bertz CT molecular complexity index is 1120. The van der Waals surface area contributed by atoms with E-state index in [0.717, 1.165) is 18.4 Å². The van der Waals surface area contributed by atoms with Gasteiger partial charge >= 0.3 is 11.8 Å². The molecule has 9 heteroatoms. The summed E-state index contributed by atoms with van der Waals surface area (Å²) in [5, 5.41) is 5.14. The van der Waals surface area contributed by atoms with Crippen LogP contribution in [0.4, 0.5) is 5.69 Å². The molecule has 0 spiro atoms. The van der Waals surface area contributed by atoms with Crippen LogP contribution in [0.1, 0.15) is 36.8 Å². The van der Waals surface area contributed by atoms with Crippen molar-refractivity contribution in [2.75, 3.05) is 25.5 Å². The predicted molar refractivity (Wildman–Crippen MR) is 127 cm³/mol. The molecule has 178 valence electrons. The van der Waals surface area contributed by atoms with Gasteiger partial charge in [0.2, 0.25) is 10.0 Å². The lowest BCUT2D eigenvalue weighted by atomic mass is 10.0. The largest absolute Gasteiger partial charge is 0.495 e. The zero-order valence-electron chi connectivity index (χ0n) is 19.3. The number of methoxy groups -OCH3 is 1. The van der Waals surface area contributed by atoms with E-state index in [1.54, 1.807) is 41.6 Å². The van der Waals surface area contributed by atoms with E-state index in [0.29, 0.717) is 41.3 Å². The van der Waals surface area contributed by atoms with Gasteiger partial charge in [0.1, 0.15) is 5.75 Å². The highest BCUT2D eigenvalue weighted by Crippen LogP contribution is 2.29. The summed E-state index contributed by atoms with van der Waals surface area (Å²) in [6.07, 6.45) is 2.87. The van der Waals surface area contributed by atoms with Crippen molar-refractivity contribution in [1.29, 1.82) is 0 Å². The van der Waals surface area contributed by atoms with Crippen molar-refractivity contribution in [1.82, 2.24) is 9.62 Å². The standard InChI is InChI=1S/C24H31N3O5S/c1-17-11-12-18(2)22(16-17)33(30,31)27-15-7-6-8-19(27)13-14-25-23(28)24(29)26-20-9-4-5-10-21(20)32-3/h4-5,9-12,16,19H,6-8,13-15H2,1-3H3,(H,25,28)(H,26,29)/t19-/m0/s1. The van der Waals surface area contributed by atoms with Gasteiger partial charge in [0.05, 0.1) is 17.7 Å². The highest BCUT2D eigenvalue weighted by Gasteiger charge is 2.34. The van der Waals surface area contributed by atoms with Crippen LogP contribution in [0.25, 0.3) is 0 Å². The van der Waals surface area contributed by atoms with E-state index in [4.69, 9.17) is 4.74 Å². The SMILES string of the molecule is COc1ccccc1NC(=O)C(=O)NCC[C@@H]1CCCCN1S(=O)(=O)c1cc(C)ccc1C. The van der Waals surface area contributed by atoms with Crippen molar-refractivity contribution in [2.45, 2.75) is 50.5 Å². The molecule has 3 rings (SSSR count). The highest BCUT2D eigenvalue weighted by molar-refractivity contribution is 7.89. The van der Waals surface area contributed by atoms with E-state index in [1.807, 2.05) is 19.1 Å². The first-order valence-corrected chi connectivity index (χ1v) is 12.5. The number of carbonyl (C=O) groups is 2. The van der Waals surface area contributed by atoms with Crippen LogP contribution >= 0.6 is 0 Å². The fourth-order valence-corrected chi connectivity index (χ4v) is 6.09. The third-order valence-corrected chi connectivity index (χ3v) is 7.92. The number of rotatable bonds is 7. The summed E-state index contributed by atoms with van der Waals surface area (Å²) < 4.78 is 33.5. The van der Waals surface area contributed by atoms with Crippen LogP contribution in [0.3, 0.4) is 0 Å². The average molecular weight is 474 g/mol. The Balaban J connectivity index is 1.62. The minimum atomic E-state index is -3.65. The van der Waals surface area contributed by atoms with Crippen molar-refractivity contribution in [3.63, 3.8) is 0 Å². The van der Waals surface area contributed by atoms with Crippen molar-refractivity contribution in [2.24, 2.45) is 0 Å². The molecule has 33 heavy (non-hydrogen) atoms. The van der Waals surface area contributed by atoms with E-state index in [9.17, 15) is 18.0 Å². The fourth-order valence-electron chi connectivity index (χ4n) is 4.05. The normalized spacial score (nSPS) is 16.8. The number of anilines is 1. The van der Waals surface area contributed by atoms with Gasteiger partial charge < -0.3 is 15.4 Å². The smallest absolute Gasteiger partial charge is 0.313 e. The summed E-state index contributed by atoms with van der Waals surface area (Å²) in [4.78, 5) is 24.9. The van der Waals surface area contributed by atoms with Gasteiger partial charge in [-0.3, -0.25) is 9.59 Å². The van der Waals surface area contributed by atoms with Crippen LogP contribution in [-0.2, 0) is 19.6 Å². The maximum absolute atomic E-state index is 13.4. The maximum atomic E-state index is 13.4. The third-order valence-electron chi connectivity index (χ3n) is 5.83. The number of amides is 2. The number of para-hydroxylation sites is 2. The van der Waals surface area contributed by atoms with Gasteiger partial charge in [0.15, 0.2) is 0 Å². The topological polar surface area (TPSA) is 105 Å². The Morgan fingerprint density at radius 3 is 2.61 bits per heavy atom. The molecule has 2 aromatic rings. The highest BCUT2D eigenvalue weighted by atomic mass is 32.2. The lowest BCUT2D eigenvalue weighted by Crippen LogP contribution is -2.46. The number of carbonyl (C=O) groups excluding carboxylic acids is 2. The van der Waals surface area contributed by atoms with Gasteiger partial charge in [-0.25, -0.2) is 8.42 Å². The minimum Gasteiger partial charge on any atom is -0.495 e. The molecule has 1 aliphatic rings. The molecule has 1 aliphatic heterocycles. The molecule has 1 fully saturated rings. The van der Waals surface area contributed by atoms with Crippen LogP contribution in [0.5, 0.6) is 5.75 Å². The molecule has 2 N–H and O–H groups in total. The second kappa shape index (κ2) is 10.8. The van der Waals surface area contributed by atoms with E-state index in [-0.39, 0.29) is 12.6 Å². The number of hydrogen-bond donors (Lipinski definition) is 2. The molecule has 0 saturated carbocycles. The zero-order valence-corrected chi connectivity index (χ0v) is 20.1. The van der Waals surface area contributed by atoms with E-state index in [1.165, 1.54) is 7.11 Å². The van der Waals surface area contributed by atoms with Crippen LogP contribution in [-0.4, -0.2) is 50.8 Å². The molecule has 1 saturated heterocycles. The molecular formula is C24H31N3O5S. The Kier molecular flexibility index (Phi) is 8.10. The average Bonchev–Trinajstić information content (AvgIpc) is 2.81. The zero-order chi connectivity index (χ0) is 24.0. The number of hydrogen-bond acceptors (Lipinski definition) is 5. The molecular weight excluding hydrogens is 442 g/mol. The summed E-state index contributed by atoms with van der Waals surface area (Å²) in [6.45, 7) is 4.31. The number of nitrogens with one attached hydrogen (secondary N) is 2. The third kappa shape index (κ3) is 5.91. The second-order valence-corrected chi connectivity index (χ2v) is 10.1. The van der Waals surface area contributed by atoms with E-state index in [2.05, 4.69) is 10.6 Å². The van der Waals surface area contributed by atoms with Crippen LogP contribution in [0.2, 0.25) is 0 Å². The first-order chi connectivity index (χ1) is 15.7. The van der Waals surface area contributed by atoms with Gasteiger partial charge in [-0.1, -0.05) is 30.7 Å². The van der Waals surface area contributed by atoms with Gasteiger partial charge in [0, 0.05) is 19.1 Å². The maximum Gasteiger partial charge on any atom is 0.313 e. The minimum absolute atomic E-state index is 0.196. The number of ether oxygens (including phenoxy) is 1. The van der Waals surface area contributed by atoms with Crippen molar-refractivity contribution in [3.05, 3.63) is 53.6 Å². The Morgan fingerprint density at radius 1 is 1.09 bits per heavy atom. The van der Waals surface area contributed by atoms with E-state index < -0.39 is 21.8 Å². The van der Waals surface area contributed by atoms with Crippen LogP contribution in [0.15, 0.2) is 47.4 Å². The summed E-state index contributed by atoms with van der Waals surface area (Å²) in [7, 11) is -2.17. The fraction of sp³-hybridized carbons (Fsp3) is 0.417. The number of sulfonamides is 1. The number of aryl methyl sites for hydroxylation is 2. The van der Waals surface area contributed by atoms with Gasteiger partial charge in [-0.05, 0) is 62.4 Å². The lowest BCUT2D eigenvalue weighted by molar-refractivity contribution is -0.136. The monoisotopic (exact) mass is 473 g/mol. The number of nitrogens with zero attached hydrogens (tertiary/aromatic N) is 1. The molecule has 1 atom stereocenters. The van der Waals surface area contributed by atoms with E-state index >= 15 is 0 Å². The molecule has 0 aromatic heterocycles. The Hall–Kier alpha value is -2.91. The van der Waals surface area contributed by atoms with Gasteiger partial charge in [-0.15, -0.1) is 0 Å². The van der Waals surface area contributed by atoms with Crippen LogP contribution in [0, 0.1) is 13.8 Å². The van der Waals surface area contributed by atoms with Gasteiger partial charge in [-0.2, -0.15) is 4.31 Å². The Labute approximate surface area is 195 Å². The van der Waals surface area contributed by atoms with Crippen molar-refractivity contribution in [3.8, 4) is 5.75 Å². The first-order valence-electron chi connectivity index (χ1n) is 11.1. The van der Waals surface area contributed by atoms with Gasteiger partial charge in [0.25, 0.3) is 0 Å². The second-order valence-electron chi connectivity index (χ2n) is 8.23. The van der Waals surface area contributed by atoms with Crippen molar-refractivity contribution < 1.29 is 22.7 Å².